The van der Waals surface area contributed by atoms with E-state index in [1.165, 1.54) is 7.11 Å². The highest BCUT2D eigenvalue weighted by molar-refractivity contribution is 5.89. The molecule has 0 aromatic rings. The van der Waals surface area contributed by atoms with Crippen LogP contribution in [0.5, 0.6) is 0 Å². The van der Waals surface area contributed by atoms with Crippen LogP contribution in [0.2, 0.25) is 0 Å². The first-order chi connectivity index (χ1) is 9.16. The van der Waals surface area contributed by atoms with E-state index in [1.807, 2.05) is 0 Å². The Balaban J connectivity index is 2.55. The van der Waals surface area contributed by atoms with Gasteiger partial charge in [-0.1, -0.05) is 20.8 Å². The monoisotopic (exact) mass is 284 g/mol. The van der Waals surface area contributed by atoms with E-state index in [0.29, 0.717) is 19.5 Å². The summed E-state index contributed by atoms with van der Waals surface area (Å²) in [6.07, 6.45) is 0.609. The highest BCUT2D eigenvalue weighted by Gasteiger charge is 2.34. The molecule has 0 aromatic heterocycles. The second-order valence-electron chi connectivity index (χ2n) is 6.24. The summed E-state index contributed by atoms with van der Waals surface area (Å²) in [5.41, 5.74) is -0.534. The summed E-state index contributed by atoms with van der Waals surface area (Å²) >= 11 is 0. The second kappa shape index (κ2) is 6.24. The van der Waals surface area contributed by atoms with Crippen molar-refractivity contribution in [2.24, 2.45) is 11.3 Å². The van der Waals surface area contributed by atoms with E-state index in [1.54, 1.807) is 32.6 Å². The van der Waals surface area contributed by atoms with Crippen LogP contribution in [0.15, 0.2) is 0 Å². The molecule has 0 radical (unpaired) electrons. The summed E-state index contributed by atoms with van der Waals surface area (Å²) in [4.78, 5) is 37.1. The third-order valence-electron chi connectivity index (χ3n) is 3.43. The fraction of sp³-hybridized carbons (Fsp3) is 0.786. The van der Waals surface area contributed by atoms with Crippen molar-refractivity contribution in [2.75, 3.05) is 20.2 Å². The summed E-state index contributed by atoms with van der Waals surface area (Å²) in [6.45, 7) is 7.93. The summed E-state index contributed by atoms with van der Waals surface area (Å²) in [5.74, 6) is -0.864. The van der Waals surface area contributed by atoms with Crippen molar-refractivity contribution in [1.29, 1.82) is 0 Å². The first-order valence-electron chi connectivity index (χ1n) is 6.84. The van der Waals surface area contributed by atoms with Gasteiger partial charge < -0.3 is 15.0 Å². The molecule has 2 atom stereocenters. The van der Waals surface area contributed by atoms with Crippen LogP contribution in [0.4, 0.5) is 0 Å². The Kier molecular flexibility index (Phi) is 5.14. The van der Waals surface area contributed by atoms with E-state index < -0.39 is 11.5 Å². The van der Waals surface area contributed by atoms with E-state index in [4.69, 9.17) is 0 Å². The van der Waals surface area contributed by atoms with Gasteiger partial charge in [-0.15, -0.1) is 0 Å². The number of rotatable bonds is 3. The van der Waals surface area contributed by atoms with Crippen molar-refractivity contribution in [2.45, 2.75) is 40.2 Å². The van der Waals surface area contributed by atoms with Crippen molar-refractivity contribution in [3.05, 3.63) is 0 Å². The Labute approximate surface area is 119 Å². The van der Waals surface area contributed by atoms with Gasteiger partial charge in [-0.2, -0.15) is 0 Å². The van der Waals surface area contributed by atoms with Gasteiger partial charge in [-0.05, 0) is 13.3 Å². The van der Waals surface area contributed by atoms with Crippen molar-refractivity contribution in [3.63, 3.8) is 0 Å². The third-order valence-corrected chi connectivity index (χ3v) is 3.43. The third kappa shape index (κ3) is 3.95. The van der Waals surface area contributed by atoms with E-state index in [2.05, 4.69) is 10.1 Å². The highest BCUT2D eigenvalue weighted by Crippen LogP contribution is 2.19. The quantitative estimate of drug-likeness (QED) is 0.768. The van der Waals surface area contributed by atoms with Gasteiger partial charge in [0.2, 0.25) is 11.8 Å². The van der Waals surface area contributed by atoms with Gasteiger partial charge in [0.05, 0.1) is 13.0 Å². The molecule has 1 N–H and O–H groups in total. The minimum Gasteiger partial charge on any atom is -0.469 e. The lowest BCUT2D eigenvalue weighted by Gasteiger charge is -2.25. The van der Waals surface area contributed by atoms with Crippen molar-refractivity contribution < 1.29 is 19.1 Å². The molecular formula is C14H24N2O4. The molecule has 114 valence electrons. The van der Waals surface area contributed by atoms with E-state index in [0.717, 1.165) is 0 Å². The number of amides is 2. The number of esters is 1. The van der Waals surface area contributed by atoms with Crippen LogP contribution in [0.1, 0.15) is 34.1 Å². The van der Waals surface area contributed by atoms with Gasteiger partial charge >= 0.3 is 5.97 Å². The summed E-state index contributed by atoms with van der Waals surface area (Å²) in [5, 5.41) is 2.71. The Morgan fingerprint density at radius 2 is 1.90 bits per heavy atom. The molecule has 0 saturated carbocycles. The SMILES string of the molecule is COC(=O)C1CCN(C(=O)C(C)NC(=O)C(C)(C)C)C1. The number of methoxy groups -OCH3 is 1. The van der Waals surface area contributed by atoms with Crippen LogP contribution >= 0.6 is 0 Å². The van der Waals surface area contributed by atoms with E-state index >= 15 is 0 Å². The number of ether oxygens (including phenoxy) is 1. The molecule has 0 aromatic carbocycles. The van der Waals surface area contributed by atoms with Crippen LogP contribution in [-0.4, -0.2) is 48.9 Å². The van der Waals surface area contributed by atoms with Gasteiger partial charge in [0.1, 0.15) is 6.04 Å². The number of carbonyl (C=O) groups excluding carboxylic acids is 3. The Bertz CT molecular complexity index is 400. The lowest BCUT2D eigenvalue weighted by atomic mass is 9.95. The van der Waals surface area contributed by atoms with Gasteiger partial charge in [0.15, 0.2) is 0 Å². The molecular weight excluding hydrogens is 260 g/mol. The number of carbonyl (C=O) groups is 3. The molecule has 6 nitrogen and oxygen atoms in total. The highest BCUT2D eigenvalue weighted by atomic mass is 16.5. The zero-order valence-electron chi connectivity index (χ0n) is 12.9. The van der Waals surface area contributed by atoms with Crippen LogP contribution < -0.4 is 5.32 Å². The molecule has 6 heteroatoms. The van der Waals surface area contributed by atoms with Gasteiger partial charge in [-0.25, -0.2) is 0 Å². The minimum absolute atomic E-state index is 0.158. The van der Waals surface area contributed by atoms with Gasteiger partial charge in [-0.3, -0.25) is 14.4 Å². The fourth-order valence-corrected chi connectivity index (χ4v) is 2.07. The average Bonchev–Trinajstić information content (AvgIpc) is 2.85. The summed E-state index contributed by atoms with van der Waals surface area (Å²) in [7, 11) is 1.35. The molecule has 20 heavy (non-hydrogen) atoms. The average molecular weight is 284 g/mol. The Hall–Kier alpha value is -1.59. The van der Waals surface area contributed by atoms with E-state index in [9.17, 15) is 14.4 Å². The van der Waals surface area contributed by atoms with Crippen molar-refractivity contribution in [1.82, 2.24) is 10.2 Å². The molecule has 0 bridgehead atoms. The van der Waals surface area contributed by atoms with Crippen LogP contribution in [-0.2, 0) is 19.1 Å². The van der Waals surface area contributed by atoms with E-state index in [-0.39, 0.29) is 23.7 Å². The zero-order valence-corrected chi connectivity index (χ0v) is 12.9. The molecule has 1 fully saturated rings. The topological polar surface area (TPSA) is 75.7 Å². The fourth-order valence-electron chi connectivity index (χ4n) is 2.07. The standard InChI is InChI=1S/C14H24N2O4/c1-9(15-13(19)14(2,3)4)11(17)16-7-6-10(8-16)12(18)20-5/h9-10H,6-8H2,1-5H3,(H,15,19). The Morgan fingerprint density at radius 3 is 2.40 bits per heavy atom. The predicted octanol–water partition coefficient (Wildman–Crippen LogP) is 0.559. The normalized spacial score (nSPS) is 20.4. The zero-order chi connectivity index (χ0) is 15.5. The lowest BCUT2D eigenvalue weighted by Crippen LogP contribution is -2.49. The summed E-state index contributed by atoms with van der Waals surface area (Å²) < 4.78 is 4.69. The number of hydrogen-bond donors (Lipinski definition) is 1. The maximum absolute atomic E-state index is 12.2. The molecule has 1 heterocycles. The molecule has 0 spiro atoms. The maximum atomic E-state index is 12.2. The largest absolute Gasteiger partial charge is 0.469 e. The molecule has 1 aliphatic heterocycles. The number of nitrogens with one attached hydrogen (secondary N) is 1. The molecule has 0 aliphatic carbocycles. The minimum atomic E-state index is -0.585. The number of hydrogen-bond acceptors (Lipinski definition) is 4. The number of likely N-dealkylation sites (tertiary alicyclic amines) is 1. The van der Waals surface area contributed by atoms with Crippen molar-refractivity contribution in [3.8, 4) is 0 Å². The second-order valence-corrected chi connectivity index (χ2v) is 6.24. The Morgan fingerprint density at radius 1 is 1.30 bits per heavy atom. The predicted molar refractivity (Wildman–Crippen MR) is 73.8 cm³/mol. The van der Waals surface area contributed by atoms with Crippen LogP contribution in [0.25, 0.3) is 0 Å². The van der Waals surface area contributed by atoms with Gasteiger partial charge in [0, 0.05) is 18.5 Å². The molecule has 1 rings (SSSR count). The van der Waals surface area contributed by atoms with Crippen LogP contribution in [0, 0.1) is 11.3 Å². The van der Waals surface area contributed by atoms with Crippen LogP contribution in [0.3, 0.4) is 0 Å². The first-order valence-corrected chi connectivity index (χ1v) is 6.84. The maximum Gasteiger partial charge on any atom is 0.310 e. The number of nitrogens with zero attached hydrogens (tertiary/aromatic N) is 1. The van der Waals surface area contributed by atoms with Crippen molar-refractivity contribution >= 4 is 17.8 Å². The van der Waals surface area contributed by atoms with Gasteiger partial charge in [0.25, 0.3) is 0 Å². The smallest absolute Gasteiger partial charge is 0.310 e. The molecule has 2 amide bonds. The molecule has 1 aliphatic rings. The molecule has 2 unspecified atom stereocenters. The first kappa shape index (κ1) is 16.5. The summed E-state index contributed by atoms with van der Waals surface area (Å²) in [6, 6.07) is -0.585. The lowest BCUT2D eigenvalue weighted by molar-refractivity contribution is -0.145. The molecule has 1 saturated heterocycles.